The van der Waals surface area contributed by atoms with Gasteiger partial charge < -0.3 is 4.74 Å². The van der Waals surface area contributed by atoms with E-state index in [1.165, 1.54) is 38.5 Å². The number of ketones is 1. The van der Waals surface area contributed by atoms with Gasteiger partial charge in [-0.2, -0.15) is 0 Å². The molecule has 0 amide bonds. The largest absolute Gasteiger partial charge is 0.460 e. The van der Waals surface area contributed by atoms with Crippen molar-refractivity contribution in [1.29, 1.82) is 0 Å². The molecule has 3 nitrogen and oxygen atoms in total. The van der Waals surface area contributed by atoms with Crippen molar-refractivity contribution in [2.45, 2.75) is 90.9 Å². The molecule has 0 aliphatic rings. The Morgan fingerprint density at radius 1 is 0.700 bits per heavy atom. The summed E-state index contributed by atoms with van der Waals surface area (Å²) in [7, 11) is 0. The minimum Gasteiger partial charge on any atom is -0.460 e. The molecular weight excluding hydrogens is 252 g/mol. The molecule has 0 radical (unpaired) electrons. The van der Waals surface area contributed by atoms with Crippen LogP contribution in [0, 0.1) is 0 Å². The Labute approximate surface area is 124 Å². The van der Waals surface area contributed by atoms with Gasteiger partial charge in [-0.25, -0.2) is 4.79 Å². The maximum absolute atomic E-state index is 11.5. The van der Waals surface area contributed by atoms with E-state index in [-0.39, 0.29) is 5.78 Å². The summed E-state index contributed by atoms with van der Waals surface area (Å²) in [6.45, 7) is 4.74. The predicted octanol–water partition coefficient (Wildman–Crippen LogP) is 4.82. The monoisotopic (exact) mass is 284 g/mol. The molecule has 0 fully saturated rings. The number of rotatable bonds is 14. The summed E-state index contributed by atoms with van der Waals surface area (Å²) in [5.41, 5.74) is 0. The van der Waals surface area contributed by atoms with E-state index in [2.05, 4.69) is 13.8 Å². The number of unbranched alkanes of at least 4 members (excludes halogenated alkanes) is 9. The second-order valence-corrected chi connectivity index (χ2v) is 5.49. The van der Waals surface area contributed by atoms with Crippen molar-refractivity contribution in [3.05, 3.63) is 0 Å². The number of esters is 1. The Hall–Kier alpha value is -0.860. The molecule has 0 aromatic carbocycles. The molecule has 0 aromatic heterocycles. The lowest BCUT2D eigenvalue weighted by atomic mass is 10.1. The van der Waals surface area contributed by atoms with E-state index < -0.39 is 5.97 Å². The maximum Gasteiger partial charge on any atom is 0.374 e. The topological polar surface area (TPSA) is 43.4 Å². The Morgan fingerprint density at radius 3 is 1.80 bits per heavy atom. The molecule has 0 aliphatic carbocycles. The smallest absolute Gasteiger partial charge is 0.374 e. The lowest BCUT2D eigenvalue weighted by molar-refractivity contribution is -0.154. The Kier molecular flexibility index (Phi) is 13.9. The standard InChI is InChI=1S/C17H32O3/c1-3-5-7-9-11-13-15-20-17(19)16(18)14-12-10-8-6-4-2/h3-15H2,1-2H3. The lowest BCUT2D eigenvalue weighted by Crippen LogP contribution is -2.17. The molecule has 0 unspecified atom stereocenters. The second kappa shape index (κ2) is 14.5. The van der Waals surface area contributed by atoms with Crippen molar-refractivity contribution >= 4 is 11.8 Å². The van der Waals surface area contributed by atoms with Crippen molar-refractivity contribution in [1.82, 2.24) is 0 Å². The van der Waals surface area contributed by atoms with Gasteiger partial charge in [0.15, 0.2) is 0 Å². The van der Waals surface area contributed by atoms with E-state index in [0.29, 0.717) is 13.0 Å². The molecule has 0 atom stereocenters. The quantitative estimate of drug-likeness (QED) is 0.261. The maximum atomic E-state index is 11.5. The van der Waals surface area contributed by atoms with E-state index in [1.54, 1.807) is 0 Å². The van der Waals surface area contributed by atoms with Crippen LogP contribution in [0.3, 0.4) is 0 Å². The average Bonchev–Trinajstić information content (AvgIpc) is 2.45. The van der Waals surface area contributed by atoms with E-state index in [1.807, 2.05) is 0 Å². The highest BCUT2D eigenvalue weighted by molar-refractivity contribution is 6.33. The van der Waals surface area contributed by atoms with Gasteiger partial charge in [0, 0.05) is 6.42 Å². The van der Waals surface area contributed by atoms with E-state index in [9.17, 15) is 9.59 Å². The molecule has 0 spiro atoms. The predicted molar refractivity (Wildman–Crippen MR) is 82.7 cm³/mol. The zero-order valence-corrected chi connectivity index (χ0v) is 13.4. The first-order valence-corrected chi connectivity index (χ1v) is 8.42. The van der Waals surface area contributed by atoms with E-state index in [0.717, 1.165) is 32.1 Å². The average molecular weight is 284 g/mol. The van der Waals surface area contributed by atoms with Crippen LogP contribution < -0.4 is 0 Å². The Morgan fingerprint density at radius 2 is 1.20 bits per heavy atom. The number of carbonyl (C=O) groups is 2. The lowest BCUT2D eigenvalue weighted by Gasteiger charge is -2.04. The summed E-state index contributed by atoms with van der Waals surface area (Å²) < 4.78 is 5.00. The fourth-order valence-corrected chi connectivity index (χ4v) is 2.12. The highest BCUT2D eigenvalue weighted by Gasteiger charge is 2.14. The van der Waals surface area contributed by atoms with Gasteiger partial charge in [-0.1, -0.05) is 71.6 Å². The number of ether oxygens (including phenoxy) is 1. The van der Waals surface area contributed by atoms with Crippen LogP contribution in [0.4, 0.5) is 0 Å². The molecule has 0 aliphatic heterocycles. The highest BCUT2D eigenvalue weighted by Crippen LogP contribution is 2.07. The molecule has 0 aromatic rings. The van der Waals surface area contributed by atoms with Crippen LogP contribution in [0.2, 0.25) is 0 Å². The van der Waals surface area contributed by atoms with Crippen LogP contribution >= 0.6 is 0 Å². The molecule has 0 heterocycles. The van der Waals surface area contributed by atoms with Crippen LogP contribution in [0.5, 0.6) is 0 Å². The second-order valence-electron chi connectivity index (χ2n) is 5.49. The molecule has 20 heavy (non-hydrogen) atoms. The van der Waals surface area contributed by atoms with Crippen molar-refractivity contribution in [2.75, 3.05) is 6.61 Å². The van der Waals surface area contributed by atoms with Crippen LogP contribution in [-0.2, 0) is 14.3 Å². The van der Waals surface area contributed by atoms with E-state index in [4.69, 9.17) is 4.74 Å². The summed E-state index contributed by atoms with van der Waals surface area (Å²) >= 11 is 0. The molecule has 0 bridgehead atoms. The Bertz CT molecular complexity index is 249. The van der Waals surface area contributed by atoms with Crippen molar-refractivity contribution < 1.29 is 14.3 Å². The fraction of sp³-hybridized carbons (Fsp3) is 0.882. The van der Waals surface area contributed by atoms with Crippen LogP contribution in [0.25, 0.3) is 0 Å². The van der Waals surface area contributed by atoms with Gasteiger partial charge in [-0.15, -0.1) is 0 Å². The molecular formula is C17H32O3. The van der Waals surface area contributed by atoms with Crippen molar-refractivity contribution in [2.24, 2.45) is 0 Å². The normalized spacial score (nSPS) is 10.5. The van der Waals surface area contributed by atoms with Crippen molar-refractivity contribution in [3.8, 4) is 0 Å². The van der Waals surface area contributed by atoms with Gasteiger partial charge in [-0.05, 0) is 12.8 Å². The minimum absolute atomic E-state index is 0.346. The molecule has 0 N–H and O–H groups in total. The van der Waals surface area contributed by atoms with Gasteiger partial charge in [-0.3, -0.25) is 4.79 Å². The zero-order chi connectivity index (χ0) is 15.1. The summed E-state index contributed by atoms with van der Waals surface area (Å²) in [6.07, 6.45) is 12.6. The van der Waals surface area contributed by atoms with Gasteiger partial charge in [0.25, 0.3) is 0 Å². The highest BCUT2D eigenvalue weighted by atomic mass is 16.5. The van der Waals surface area contributed by atoms with Gasteiger partial charge in [0.1, 0.15) is 0 Å². The van der Waals surface area contributed by atoms with E-state index >= 15 is 0 Å². The van der Waals surface area contributed by atoms with Gasteiger partial charge in [0.05, 0.1) is 6.61 Å². The number of hydrogen-bond donors (Lipinski definition) is 0. The third-order valence-electron chi connectivity index (χ3n) is 3.47. The fourth-order valence-electron chi connectivity index (χ4n) is 2.12. The van der Waals surface area contributed by atoms with Crippen LogP contribution in [0.1, 0.15) is 90.9 Å². The molecule has 118 valence electrons. The van der Waals surface area contributed by atoms with Gasteiger partial charge >= 0.3 is 5.97 Å². The summed E-state index contributed by atoms with van der Waals surface area (Å²) in [5.74, 6) is -0.985. The first-order valence-electron chi connectivity index (χ1n) is 8.42. The SMILES string of the molecule is CCCCCCCCOC(=O)C(=O)CCCCCCC. The molecule has 0 saturated heterocycles. The van der Waals surface area contributed by atoms with Crippen LogP contribution in [0.15, 0.2) is 0 Å². The third kappa shape index (κ3) is 12.2. The minimum atomic E-state index is -0.631. The first-order chi connectivity index (χ1) is 9.72. The third-order valence-corrected chi connectivity index (χ3v) is 3.47. The summed E-state index contributed by atoms with van der Waals surface area (Å²) in [6, 6.07) is 0. The van der Waals surface area contributed by atoms with Gasteiger partial charge in [0.2, 0.25) is 5.78 Å². The summed E-state index contributed by atoms with van der Waals surface area (Å²) in [4.78, 5) is 22.9. The molecule has 3 heteroatoms. The van der Waals surface area contributed by atoms with Crippen molar-refractivity contribution in [3.63, 3.8) is 0 Å². The molecule has 0 rings (SSSR count). The number of hydrogen-bond acceptors (Lipinski definition) is 3. The first kappa shape index (κ1) is 19.1. The molecule has 0 saturated carbocycles. The zero-order valence-electron chi connectivity index (χ0n) is 13.4. The number of carbonyl (C=O) groups excluding carboxylic acids is 2. The Balaban J connectivity index is 3.39. The van der Waals surface area contributed by atoms with Crippen LogP contribution in [-0.4, -0.2) is 18.4 Å². The number of Topliss-reactive ketones (excluding diaryl/α,β-unsaturated/α-hetero) is 1. The summed E-state index contributed by atoms with van der Waals surface area (Å²) in [5, 5.41) is 0.